The van der Waals surface area contributed by atoms with Crippen molar-refractivity contribution in [2.75, 3.05) is 0 Å². The number of hydrogen-bond donors (Lipinski definition) is 2. The Labute approximate surface area is 123 Å². The van der Waals surface area contributed by atoms with Gasteiger partial charge in [-0.3, -0.25) is 4.79 Å². The Bertz CT molecular complexity index is 428. The number of nitrogens with two attached hydrogens (primary N) is 1. The summed E-state index contributed by atoms with van der Waals surface area (Å²) in [7, 11) is 0. The molecular weight excluding hydrogens is 304 g/mol. The molecule has 19 heavy (non-hydrogen) atoms. The van der Waals surface area contributed by atoms with Crippen LogP contribution in [0.1, 0.15) is 44.2 Å². The van der Waals surface area contributed by atoms with Gasteiger partial charge in [-0.15, -0.1) is 0 Å². The SMILES string of the molecule is CCC(NC(=O)CC(N)C1CC1)c1ccc(Br)cc1. The third kappa shape index (κ3) is 4.32. The summed E-state index contributed by atoms with van der Waals surface area (Å²) in [6, 6.07) is 8.19. The highest BCUT2D eigenvalue weighted by atomic mass is 79.9. The lowest BCUT2D eigenvalue weighted by Crippen LogP contribution is -2.34. The number of rotatable bonds is 6. The first-order valence-electron chi connectivity index (χ1n) is 6.90. The molecule has 0 aromatic heterocycles. The molecule has 3 N–H and O–H groups in total. The minimum absolute atomic E-state index is 0.0300. The molecule has 2 unspecified atom stereocenters. The van der Waals surface area contributed by atoms with Gasteiger partial charge in [-0.2, -0.15) is 0 Å². The van der Waals surface area contributed by atoms with Gasteiger partial charge >= 0.3 is 0 Å². The summed E-state index contributed by atoms with van der Waals surface area (Å²) in [5.74, 6) is 0.632. The van der Waals surface area contributed by atoms with E-state index in [-0.39, 0.29) is 18.0 Å². The zero-order valence-corrected chi connectivity index (χ0v) is 12.8. The summed E-state index contributed by atoms with van der Waals surface area (Å²) >= 11 is 3.42. The lowest BCUT2D eigenvalue weighted by Gasteiger charge is -2.19. The van der Waals surface area contributed by atoms with Gasteiger partial charge in [0.1, 0.15) is 0 Å². The lowest BCUT2D eigenvalue weighted by molar-refractivity contribution is -0.122. The number of carbonyl (C=O) groups is 1. The molecule has 0 heterocycles. The van der Waals surface area contributed by atoms with Crippen LogP contribution in [0.3, 0.4) is 0 Å². The van der Waals surface area contributed by atoms with E-state index in [4.69, 9.17) is 5.73 Å². The molecule has 0 spiro atoms. The minimum atomic E-state index is 0.0300. The number of benzene rings is 1. The van der Waals surface area contributed by atoms with Gasteiger partial charge in [-0.05, 0) is 42.9 Å². The molecular formula is C15H21BrN2O. The lowest BCUT2D eigenvalue weighted by atomic mass is 10.0. The average molecular weight is 325 g/mol. The molecule has 1 aromatic rings. The summed E-state index contributed by atoms with van der Waals surface area (Å²) in [6.07, 6.45) is 3.68. The van der Waals surface area contributed by atoms with Gasteiger partial charge in [0.2, 0.25) is 5.91 Å². The molecule has 1 amide bonds. The predicted molar refractivity (Wildman–Crippen MR) is 80.6 cm³/mol. The van der Waals surface area contributed by atoms with Gasteiger partial charge in [0, 0.05) is 16.9 Å². The highest BCUT2D eigenvalue weighted by Crippen LogP contribution is 2.32. The first-order valence-corrected chi connectivity index (χ1v) is 7.70. The van der Waals surface area contributed by atoms with Gasteiger partial charge < -0.3 is 11.1 Å². The highest BCUT2D eigenvalue weighted by molar-refractivity contribution is 9.10. The molecule has 104 valence electrons. The Morgan fingerprint density at radius 3 is 2.58 bits per heavy atom. The van der Waals surface area contributed by atoms with Crippen LogP contribution in [0.2, 0.25) is 0 Å². The Kier molecular flexibility index (Phi) is 4.99. The zero-order chi connectivity index (χ0) is 13.8. The maximum atomic E-state index is 12.0. The average Bonchev–Trinajstić information content (AvgIpc) is 3.21. The molecule has 1 saturated carbocycles. The van der Waals surface area contributed by atoms with Gasteiger partial charge in [0.25, 0.3) is 0 Å². The molecule has 0 radical (unpaired) electrons. The van der Waals surface area contributed by atoms with Crippen LogP contribution in [0.5, 0.6) is 0 Å². The maximum absolute atomic E-state index is 12.0. The van der Waals surface area contributed by atoms with Crippen LogP contribution in [0.25, 0.3) is 0 Å². The van der Waals surface area contributed by atoms with Gasteiger partial charge in [0.05, 0.1) is 6.04 Å². The quantitative estimate of drug-likeness (QED) is 0.844. The summed E-state index contributed by atoms with van der Waals surface area (Å²) in [4.78, 5) is 12.0. The van der Waals surface area contributed by atoms with E-state index < -0.39 is 0 Å². The van der Waals surface area contributed by atoms with Crippen molar-refractivity contribution in [2.24, 2.45) is 11.7 Å². The second-order valence-electron chi connectivity index (χ2n) is 5.29. The van der Waals surface area contributed by atoms with Crippen molar-refractivity contribution in [1.29, 1.82) is 0 Å². The Morgan fingerprint density at radius 2 is 2.05 bits per heavy atom. The van der Waals surface area contributed by atoms with Crippen LogP contribution in [0.4, 0.5) is 0 Å². The number of carbonyl (C=O) groups excluding carboxylic acids is 1. The van der Waals surface area contributed by atoms with Crippen molar-refractivity contribution in [1.82, 2.24) is 5.32 Å². The van der Waals surface area contributed by atoms with E-state index in [1.54, 1.807) is 0 Å². The van der Waals surface area contributed by atoms with Gasteiger partial charge in [0.15, 0.2) is 0 Å². The fourth-order valence-corrected chi connectivity index (χ4v) is 2.54. The van der Waals surface area contributed by atoms with E-state index >= 15 is 0 Å². The molecule has 2 rings (SSSR count). The van der Waals surface area contributed by atoms with Crippen molar-refractivity contribution in [3.63, 3.8) is 0 Å². The Balaban J connectivity index is 1.90. The van der Waals surface area contributed by atoms with Gasteiger partial charge in [-0.25, -0.2) is 0 Å². The summed E-state index contributed by atoms with van der Waals surface area (Å²) in [5, 5.41) is 3.08. The van der Waals surface area contributed by atoms with Crippen molar-refractivity contribution in [3.8, 4) is 0 Å². The highest BCUT2D eigenvalue weighted by Gasteiger charge is 2.30. The zero-order valence-electron chi connectivity index (χ0n) is 11.2. The van der Waals surface area contributed by atoms with Gasteiger partial charge in [-0.1, -0.05) is 35.0 Å². The molecule has 0 saturated heterocycles. The molecule has 0 aliphatic heterocycles. The van der Waals surface area contributed by atoms with Crippen LogP contribution < -0.4 is 11.1 Å². The largest absolute Gasteiger partial charge is 0.349 e. The minimum Gasteiger partial charge on any atom is -0.349 e. The summed E-state index contributed by atoms with van der Waals surface area (Å²) < 4.78 is 1.05. The number of amides is 1. The van der Waals surface area contributed by atoms with Crippen molar-refractivity contribution < 1.29 is 4.79 Å². The summed E-state index contributed by atoms with van der Waals surface area (Å²) in [5.41, 5.74) is 7.13. The summed E-state index contributed by atoms with van der Waals surface area (Å²) in [6.45, 7) is 2.08. The van der Waals surface area contributed by atoms with E-state index in [0.29, 0.717) is 12.3 Å². The topological polar surface area (TPSA) is 55.1 Å². The normalized spacial score (nSPS) is 17.8. The third-order valence-corrected chi connectivity index (χ3v) is 4.19. The van der Waals surface area contributed by atoms with E-state index in [0.717, 1.165) is 16.5 Å². The van der Waals surface area contributed by atoms with Crippen LogP contribution in [-0.4, -0.2) is 11.9 Å². The van der Waals surface area contributed by atoms with Crippen molar-refractivity contribution >= 4 is 21.8 Å². The predicted octanol–water partition coefficient (Wildman–Crippen LogP) is 3.14. The number of hydrogen-bond acceptors (Lipinski definition) is 2. The van der Waals surface area contributed by atoms with Crippen molar-refractivity contribution in [3.05, 3.63) is 34.3 Å². The van der Waals surface area contributed by atoms with E-state index in [1.165, 1.54) is 12.8 Å². The monoisotopic (exact) mass is 324 g/mol. The van der Waals surface area contributed by atoms with E-state index in [2.05, 4.69) is 28.2 Å². The van der Waals surface area contributed by atoms with Crippen LogP contribution in [0.15, 0.2) is 28.7 Å². The maximum Gasteiger partial charge on any atom is 0.222 e. The number of halogens is 1. The Hall–Kier alpha value is -0.870. The second-order valence-corrected chi connectivity index (χ2v) is 6.20. The van der Waals surface area contributed by atoms with Crippen LogP contribution in [-0.2, 0) is 4.79 Å². The molecule has 3 nitrogen and oxygen atoms in total. The first-order chi connectivity index (χ1) is 9.10. The second kappa shape index (κ2) is 6.53. The first kappa shape index (κ1) is 14.5. The molecule has 1 aliphatic rings. The fourth-order valence-electron chi connectivity index (χ4n) is 2.27. The molecule has 4 heteroatoms. The molecule has 1 aromatic carbocycles. The smallest absolute Gasteiger partial charge is 0.222 e. The standard InChI is InChI=1S/C15H21BrN2O/c1-2-14(11-5-7-12(16)8-6-11)18-15(19)9-13(17)10-3-4-10/h5-8,10,13-14H,2-4,9,17H2,1H3,(H,18,19). The third-order valence-electron chi connectivity index (χ3n) is 3.66. The fraction of sp³-hybridized carbons (Fsp3) is 0.533. The number of nitrogens with one attached hydrogen (secondary N) is 1. The van der Waals surface area contributed by atoms with Crippen LogP contribution in [0, 0.1) is 5.92 Å². The molecule has 2 atom stereocenters. The Morgan fingerprint density at radius 1 is 1.42 bits per heavy atom. The van der Waals surface area contributed by atoms with E-state index in [1.807, 2.05) is 24.3 Å². The van der Waals surface area contributed by atoms with E-state index in [9.17, 15) is 4.79 Å². The molecule has 1 fully saturated rings. The van der Waals surface area contributed by atoms with Crippen LogP contribution >= 0.6 is 15.9 Å². The molecule has 1 aliphatic carbocycles. The molecule has 0 bridgehead atoms. The van der Waals surface area contributed by atoms with Crippen molar-refractivity contribution in [2.45, 2.75) is 44.7 Å².